The van der Waals surface area contributed by atoms with Gasteiger partial charge in [0.05, 0.1) is 25.4 Å². The van der Waals surface area contributed by atoms with Crippen molar-refractivity contribution in [2.45, 2.75) is 64.8 Å². The molecule has 9 heteroatoms. The van der Waals surface area contributed by atoms with Gasteiger partial charge < -0.3 is 24.3 Å². The lowest BCUT2D eigenvalue weighted by atomic mass is 9.53. The van der Waals surface area contributed by atoms with Gasteiger partial charge in [-0.15, -0.1) is 0 Å². The zero-order chi connectivity index (χ0) is 25.0. The van der Waals surface area contributed by atoms with Crippen molar-refractivity contribution < 1.29 is 33.3 Å². The number of esters is 1. The molecule has 1 aromatic rings. The van der Waals surface area contributed by atoms with Crippen LogP contribution in [0.25, 0.3) is 0 Å². The fourth-order valence-electron chi connectivity index (χ4n) is 6.42. The Morgan fingerprint density at radius 2 is 1.37 bits per heavy atom. The number of carbonyl (C=O) groups excluding carboxylic acids is 3. The van der Waals surface area contributed by atoms with Gasteiger partial charge in [-0.2, -0.15) is 0 Å². The molecule has 4 aliphatic carbocycles. The van der Waals surface area contributed by atoms with Gasteiger partial charge in [-0.1, -0.05) is 0 Å². The largest absolute Gasteiger partial charge is 0.490 e. The summed E-state index contributed by atoms with van der Waals surface area (Å²) in [6.45, 7) is 6.03. The van der Waals surface area contributed by atoms with Gasteiger partial charge in [0.2, 0.25) is 5.75 Å². The van der Waals surface area contributed by atoms with E-state index in [9.17, 15) is 14.4 Å². The third-order valence-electron chi connectivity index (χ3n) is 7.15. The van der Waals surface area contributed by atoms with E-state index in [0.717, 1.165) is 19.3 Å². The van der Waals surface area contributed by atoms with Crippen molar-refractivity contribution in [2.24, 2.45) is 17.8 Å². The van der Waals surface area contributed by atoms with Crippen molar-refractivity contribution in [3.05, 3.63) is 17.7 Å². The fraction of sp³-hybridized carbons (Fsp3) is 0.654. The molecular weight excluding hydrogens is 452 g/mol. The van der Waals surface area contributed by atoms with Gasteiger partial charge in [0.25, 0.3) is 5.91 Å². The van der Waals surface area contributed by atoms with Crippen molar-refractivity contribution in [1.82, 2.24) is 10.6 Å². The lowest BCUT2D eigenvalue weighted by molar-refractivity contribution is -0.123. The zero-order valence-electron chi connectivity index (χ0n) is 20.8. The first-order chi connectivity index (χ1) is 16.8. The number of urea groups is 1. The molecule has 4 bridgehead atoms. The van der Waals surface area contributed by atoms with E-state index in [4.69, 9.17) is 18.9 Å². The molecule has 35 heavy (non-hydrogen) atoms. The number of carbonyl (C=O) groups is 3. The van der Waals surface area contributed by atoms with E-state index in [0.29, 0.717) is 54.8 Å². The molecule has 0 spiro atoms. The molecule has 9 nitrogen and oxygen atoms in total. The van der Waals surface area contributed by atoms with Crippen LogP contribution in [0.4, 0.5) is 4.79 Å². The van der Waals surface area contributed by atoms with E-state index < -0.39 is 24.5 Å². The van der Waals surface area contributed by atoms with E-state index in [2.05, 4.69) is 10.6 Å². The Morgan fingerprint density at radius 3 is 1.86 bits per heavy atom. The first-order valence-corrected chi connectivity index (χ1v) is 12.7. The lowest BCUT2D eigenvalue weighted by Gasteiger charge is -2.56. The van der Waals surface area contributed by atoms with E-state index in [1.807, 2.05) is 20.8 Å². The Hall–Kier alpha value is -2.97. The van der Waals surface area contributed by atoms with Crippen LogP contribution in [-0.4, -0.2) is 49.9 Å². The normalized spacial score (nSPS) is 26.1. The molecule has 192 valence electrons. The minimum absolute atomic E-state index is 0.158. The van der Waals surface area contributed by atoms with Crippen molar-refractivity contribution in [3.8, 4) is 17.2 Å². The number of benzene rings is 1. The summed E-state index contributed by atoms with van der Waals surface area (Å²) in [6, 6.07) is 2.47. The third kappa shape index (κ3) is 5.82. The van der Waals surface area contributed by atoms with Crippen LogP contribution in [0.1, 0.15) is 69.7 Å². The zero-order valence-corrected chi connectivity index (χ0v) is 20.8. The summed E-state index contributed by atoms with van der Waals surface area (Å²) in [5.74, 6) is 1.74. The van der Waals surface area contributed by atoms with Gasteiger partial charge in [-0.25, -0.2) is 9.59 Å². The van der Waals surface area contributed by atoms with E-state index >= 15 is 0 Å². The molecule has 5 rings (SSSR count). The van der Waals surface area contributed by atoms with Crippen LogP contribution < -0.4 is 24.8 Å². The summed E-state index contributed by atoms with van der Waals surface area (Å²) < 4.78 is 22.0. The monoisotopic (exact) mass is 488 g/mol. The van der Waals surface area contributed by atoms with Gasteiger partial charge in [-0.05, 0) is 89.2 Å². The first-order valence-electron chi connectivity index (χ1n) is 12.7. The van der Waals surface area contributed by atoms with Gasteiger partial charge in [0, 0.05) is 5.54 Å². The number of hydrogen-bond donors (Lipinski definition) is 2. The number of ether oxygens (including phenoxy) is 4. The Labute approximate surface area is 206 Å². The molecule has 3 amide bonds. The summed E-state index contributed by atoms with van der Waals surface area (Å²) in [5.41, 5.74) is -0.0464. The molecule has 4 aliphatic rings. The number of rotatable bonds is 10. The quantitative estimate of drug-likeness (QED) is 0.481. The maximum absolute atomic E-state index is 12.7. The van der Waals surface area contributed by atoms with Crippen LogP contribution >= 0.6 is 0 Å². The average Bonchev–Trinajstić information content (AvgIpc) is 2.78. The van der Waals surface area contributed by atoms with Gasteiger partial charge in [-0.3, -0.25) is 10.1 Å². The molecule has 0 unspecified atom stereocenters. The lowest BCUT2D eigenvalue weighted by Crippen LogP contribution is -2.62. The molecule has 0 saturated heterocycles. The highest BCUT2D eigenvalue weighted by molar-refractivity contribution is 5.97. The Bertz CT molecular complexity index is 899. The van der Waals surface area contributed by atoms with Gasteiger partial charge in [0.1, 0.15) is 0 Å². The minimum Gasteiger partial charge on any atom is -0.490 e. The highest BCUT2D eigenvalue weighted by atomic mass is 16.5. The predicted molar refractivity (Wildman–Crippen MR) is 128 cm³/mol. The third-order valence-corrected chi connectivity index (χ3v) is 7.15. The van der Waals surface area contributed by atoms with Crippen molar-refractivity contribution in [2.75, 3.05) is 26.4 Å². The van der Waals surface area contributed by atoms with Crippen molar-refractivity contribution >= 4 is 17.9 Å². The summed E-state index contributed by atoms with van der Waals surface area (Å²) in [4.78, 5) is 37.6. The van der Waals surface area contributed by atoms with Crippen LogP contribution in [0.15, 0.2) is 12.1 Å². The van der Waals surface area contributed by atoms with Crippen LogP contribution in [0.5, 0.6) is 17.2 Å². The number of hydrogen-bond acceptors (Lipinski definition) is 7. The molecular formula is C26H36N2O7. The summed E-state index contributed by atoms with van der Waals surface area (Å²) in [5, 5.41) is 5.39. The highest BCUT2D eigenvalue weighted by Crippen LogP contribution is 2.55. The minimum atomic E-state index is -0.730. The average molecular weight is 489 g/mol. The highest BCUT2D eigenvalue weighted by Gasteiger charge is 2.51. The first kappa shape index (κ1) is 25.1. The number of imide groups is 1. The molecule has 1 aromatic carbocycles. The Morgan fingerprint density at radius 1 is 0.857 bits per heavy atom. The molecule has 0 radical (unpaired) electrons. The summed E-state index contributed by atoms with van der Waals surface area (Å²) in [7, 11) is 0. The summed E-state index contributed by atoms with van der Waals surface area (Å²) in [6.07, 6.45) is 6.74. The Kier molecular flexibility index (Phi) is 7.72. The SMILES string of the molecule is CCOc1cc(C(=O)OCC(=O)NC(=O)NC23CC4CC(CC(C4)C2)C3)cc(OCC)c1OCC. The second kappa shape index (κ2) is 10.7. The number of nitrogens with one attached hydrogen (secondary N) is 2. The van der Waals surface area contributed by atoms with Crippen LogP contribution in [0.2, 0.25) is 0 Å². The standard InChI is InChI=1S/C26H36N2O7/c1-4-32-20-10-19(11-21(33-5-2)23(20)34-6-3)24(30)35-15-22(29)27-25(31)28-26-12-16-7-17(13-26)9-18(8-16)14-26/h10-11,16-18H,4-9,12-15H2,1-3H3,(H2,27,28,29,31). The van der Waals surface area contributed by atoms with Gasteiger partial charge >= 0.3 is 12.0 Å². The van der Waals surface area contributed by atoms with E-state index in [1.165, 1.54) is 31.4 Å². The molecule has 4 fully saturated rings. The fourth-order valence-corrected chi connectivity index (χ4v) is 6.42. The van der Waals surface area contributed by atoms with E-state index in [-0.39, 0.29) is 11.1 Å². The smallest absolute Gasteiger partial charge is 0.338 e. The molecule has 4 saturated carbocycles. The van der Waals surface area contributed by atoms with Crippen molar-refractivity contribution in [1.29, 1.82) is 0 Å². The molecule has 0 atom stereocenters. The number of amides is 3. The van der Waals surface area contributed by atoms with Crippen LogP contribution in [0.3, 0.4) is 0 Å². The predicted octanol–water partition coefficient (Wildman–Crippen LogP) is 3.83. The molecule has 0 aromatic heterocycles. The topological polar surface area (TPSA) is 112 Å². The molecule has 2 N–H and O–H groups in total. The van der Waals surface area contributed by atoms with Crippen LogP contribution in [0, 0.1) is 17.8 Å². The maximum atomic E-state index is 12.7. The Balaban J connectivity index is 1.33. The summed E-state index contributed by atoms with van der Waals surface area (Å²) >= 11 is 0. The maximum Gasteiger partial charge on any atom is 0.338 e. The molecule has 0 aliphatic heterocycles. The molecule has 0 heterocycles. The van der Waals surface area contributed by atoms with Crippen LogP contribution in [-0.2, 0) is 9.53 Å². The second-order valence-corrected chi connectivity index (χ2v) is 9.88. The second-order valence-electron chi connectivity index (χ2n) is 9.88. The van der Waals surface area contributed by atoms with Gasteiger partial charge in [0.15, 0.2) is 18.1 Å². The van der Waals surface area contributed by atoms with E-state index in [1.54, 1.807) is 0 Å². The van der Waals surface area contributed by atoms with Crippen molar-refractivity contribution in [3.63, 3.8) is 0 Å².